The van der Waals surface area contributed by atoms with Crippen LogP contribution in [0.4, 0.5) is 0 Å². The molecule has 0 bridgehead atoms. The molecular formula is C25H34N2O2. The molecule has 1 N–H and O–H groups in total. The van der Waals surface area contributed by atoms with E-state index in [0.717, 1.165) is 40.7 Å². The van der Waals surface area contributed by atoms with Crippen LogP contribution in [0.1, 0.15) is 54.5 Å². The first-order valence-electron chi connectivity index (χ1n) is 10.5. The third-order valence-electron chi connectivity index (χ3n) is 5.24. The monoisotopic (exact) mass is 394 g/mol. The SMILES string of the molecule is CCCCNC(=O)[C@@H](C)N(Cc1ccccc1C)C(=O)Cc1cc(C)cc(C)c1. The normalized spacial score (nSPS) is 11.8. The van der Waals surface area contributed by atoms with Gasteiger partial charge in [0.2, 0.25) is 11.8 Å². The van der Waals surface area contributed by atoms with Gasteiger partial charge in [0, 0.05) is 13.1 Å². The summed E-state index contributed by atoms with van der Waals surface area (Å²) < 4.78 is 0. The second-order valence-corrected chi connectivity index (χ2v) is 7.94. The smallest absolute Gasteiger partial charge is 0.242 e. The van der Waals surface area contributed by atoms with Crippen molar-refractivity contribution in [1.29, 1.82) is 0 Å². The molecule has 4 heteroatoms. The highest BCUT2D eigenvalue weighted by Crippen LogP contribution is 2.16. The van der Waals surface area contributed by atoms with Crippen molar-refractivity contribution in [2.45, 2.75) is 66.5 Å². The molecule has 2 aromatic rings. The number of unbranched alkanes of at least 4 members (excludes halogenated alkanes) is 1. The summed E-state index contributed by atoms with van der Waals surface area (Å²) in [7, 11) is 0. The van der Waals surface area contributed by atoms with Gasteiger partial charge in [-0.25, -0.2) is 0 Å². The average molecular weight is 395 g/mol. The Bertz CT molecular complexity index is 824. The van der Waals surface area contributed by atoms with Gasteiger partial charge in [0.15, 0.2) is 0 Å². The second kappa shape index (κ2) is 10.8. The van der Waals surface area contributed by atoms with Gasteiger partial charge >= 0.3 is 0 Å². The third kappa shape index (κ3) is 6.74. The molecule has 0 aromatic heterocycles. The van der Waals surface area contributed by atoms with Crippen molar-refractivity contribution in [3.05, 3.63) is 70.3 Å². The molecular weight excluding hydrogens is 360 g/mol. The third-order valence-corrected chi connectivity index (χ3v) is 5.24. The highest BCUT2D eigenvalue weighted by Gasteiger charge is 2.26. The zero-order valence-electron chi connectivity index (χ0n) is 18.4. The molecule has 0 aliphatic carbocycles. The Labute approximate surface area is 175 Å². The number of hydrogen-bond donors (Lipinski definition) is 1. The van der Waals surface area contributed by atoms with E-state index in [1.165, 1.54) is 0 Å². The van der Waals surface area contributed by atoms with Crippen LogP contribution >= 0.6 is 0 Å². The van der Waals surface area contributed by atoms with E-state index < -0.39 is 6.04 Å². The Kier molecular flexibility index (Phi) is 8.44. The number of amides is 2. The van der Waals surface area contributed by atoms with Crippen molar-refractivity contribution in [3.63, 3.8) is 0 Å². The van der Waals surface area contributed by atoms with Gasteiger partial charge in [0.05, 0.1) is 6.42 Å². The Morgan fingerprint density at radius 3 is 2.31 bits per heavy atom. The first-order valence-corrected chi connectivity index (χ1v) is 10.5. The number of carbonyl (C=O) groups is 2. The van der Waals surface area contributed by atoms with E-state index in [-0.39, 0.29) is 11.8 Å². The van der Waals surface area contributed by atoms with Crippen molar-refractivity contribution in [2.75, 3.05) is 6.54 Å². The number of benzene rings is 2. The van der Waals surface area contributed by atoms with Crippen molar-refractivity contribution >= 4 is 11.8 Å². The lowest BCUT2D eigenvalue weighted by Crippen LogP contribution is -2.48. The summed E-state index contributed by atoms with van der Waals surface area (Å²) in [6.07, 6.45) is 2.25. The van der Waals surface area contributed by atoms with Crippen LogP contribution in [-0.2, 0) is 22.6 Å². The maximum Gasteiger partial charge on any atom is 0.242 e. The Balaban J connectivity index is 2.23. The highest BCUT2D eigenvalue weighted by molar-refractivity contribution is 5.88. The lowest BCUT2D eigenvalue weighted by molar-refractivity contribution is -0.140. The molecule has 4 nitrogen and oxygen atoms in total. The summed E-state index contributed by atoms with van der Waals surface area (Å²) in [6, 6.07) is 13.7. The zero-order valence-corrected chi connectivity index (χ0v) is 18.4. The molecule has 0 fully saturated rings. The standard InChI is InChI=1S/C25H34N2O2/c1-6-7-12-26-25(29)21(5)27(17-23-11-9-8-10-20(23)4)24(28)16-22-14-18(2)13-19(3)15-22/h8-11,13-15,21H,6-7,12,16-17H2,1-5H3,(H,26,29)/t21-/m1/s1. The molecule has 0 unspecified atom stereocenters. The van der Waals surface area contributed by atoms with Gasteiger partial charge in [-0.05, 0) is 50.8 Å². The van der Waals surface area contributed by atoms with Crippen molar-refractivity contribution < 1.29 is 9.59 Å². The lowest BCUT2D eigenvalue weighted by Gasteiger charge is -2.29. The molecule has 156 valence electrons. The number of hydrogen-bond acceptors (Lipinski definition) is 2. The van der Waals surface area contributed by atoms with E-state index in [9.17, 15) is 9.59 Å². The van der Waals surface area contributed by atoms with Gasteiger partial charge in [-0.1, -0.05) is 66.9 Å². The zero-order chi connectivity index (χ0) is 21.4. The predicted molar refractivity (Wildman–Crippen MR) is 119 cm³/mol. The molecule has 0 spiro atoms. The molecule has 0 aliphatic heterocycles. The fourth-order valence-corrected chi connectivity index (χ4v) is 3.54. The van der Waals surface area contributed by atoms with E-state index in [4.69, 9.17) is 0 Å². The molecule has 29 heavy (non-hydrogen) atoms. The van der Waals surface area contributed by atoms with Crippen LogP contribution in [0.3, 0.4) is 0 Å². The highest BCUT2D eigenvalue weighted by atomic mass is 16.2. The number of rotatable bonds is 9. The fourth-order valence-electron chi connectivity index (χ4n) is 3.54. The van der Waals surface area contributed by atoms with Gasteiger partial charge < -0.3 is 10.2 Å². The topological polar surface area (TPSA) is 49.4 Å². The lowest BCUT2D eigenvalue weighted by atomic mass is 10.0. The first-order chi connectivity index (χ1) is 13.8. The Morgan fingerprint density at radius 1 is 1.03 bits per heavy atom. The first kappa shape index (κ1) is 22.7. The van der Waals surface area contributed by atoms with Crippen LogP contribution in [0.15, 0.2) is 42.5 Å². The number of nitrogens with zero attached hydrogens (tertiary/aromatic N) is 1. The summed E-state index contributed by atoms with van der Waals surface area (Å²) in [4.78, 5) is 27.7. The van der Waals surface area contributed by atoms with Crippen LogP contribution in [0.5, 0.6) is 0 Å². The minimum atomic E-state index is -0.523. The minimum Gasteiger partial charge on any atom is -0.354 e. The van der Waals surface area contributed by atoms with E-state index in [0.29, 0.717) is 19.5 Å². The molecule has 2 amide bonds. The molecule has 2 aromatic carbocycles. The van der Waals surface area contributed by atoms with Crippen LogP contribution < -0.4 is 5.32 Å². The minimum absolute atomic E-state index is 0.0311. The second-order valence-electron chi connectivity index (χ2n) is 7.94. The van der Waals surface area contributed by atoms with Crippen molar-refractivity contribution in [1.82, 2.24) is 10.2 Å². The van der Waals surface area contributed by atoms with E-state index in [1.807, 2.05) is 64.1 Å². The van der Waals surface area contributed by atoms with Gasteiger partial charge in [-0.3, -0.25) is 9.59 Å². The van der Waals surface area contributed by atoms with E-state index >= 15 is 0 Å². The Hall–Kier alpha value is -2.62. The number of carbonyl (C=O) groups excluding carboxylic acids is 2. The van der Waals surface area contributed by atoms with Gasteiger partial charge in [0.1, 0.15) is 6.04 Å². The van der Waals surface area contributed by atoms with E-state index in [1.54, 1.807) is 4.90 Å². The largest absolute Gasteiger partial charge is 0.354 e. The maximum absolute atomic E-state index is 13.3. The molecule has 0 radical (unpaired) electrons. The molecule has 0 saturated carbocycles. The maximum atomic E-state index is 13.3. The predicted octanol–water partition coefficient (Wildman–Crippen LogP) is 4.49. The van der Waals surface area contributed by atoms with Crippen molar-refractivity contribution in [2.24, 2.45) is 0 Å². The number of nitrogens with one attached hydrogen (secondary N) is 1. The van der Waals surface area contributed by atoms with Crippen LogP contribution in [0, 0.1) is 20.8 Å². The molecule has 0 saturated heterocycles. The van der Waals surface area contributed by atoms with Crippen LogP contribution in [0.25, 0.3) is 0 Å². The molecule has 0 aliphatic rings. The van der Waals surface area contributed by atoms with E-state index in [2.05, 4.69) is 18.3 Å². The molecule has 2 rings (SSSR count). The summed E-state index contributed by atoms with van der Waals surface area (Å²) in [5, 5.41) is 2.97. The number of aryl methyl sites for hydroxylation is 3. The molecule has 1 atom stereocenters. The van der Waals surface area contributed by atoms with Gasteiger partial charge in [-0.2, -0.15) is 0 Å². The van der Waals surface area contributed by atoms with Crippen LogP contribution in [-0.4, -0.2) is 29.3 Å². The summed E-state index contributed by atoms with van der Waals surface area (Å²) >= 11 is 0. The molecule has 0 heterocycles. The van der Waals surface area contributed by atoms with Crippen LogP contribution in [0.2, 0.25) is 0 Å². The summed E-state index contributed by atoms with van der Waals surface area (Å²) in [5.74, 6) is -0.128. The summed E-state index contributed by atoms with van der Waals surface area (Å²) in [5.41, 5.74) is 5.46. The van der Waals surface area contributed by atoms with Crippen molar-refractivity contribution in [3.8, 4) is 0 Å². The van der Waals surface area contributed by atoms with Gasteiger partial charge in [-0.15, -0.1) is 0 Å². The fraction of sp³-hybridized carbons (Fsp3) is 0.440. The summed E-state index contributed by atoms with van der Waals surface area (Å²) in [6.45, 7) is 11.1. The van der Waals surface area contributed by atoms with Gasteiger partial charge in [0.25, 0.3) is 0 Å². The average Bonchev–Trinajstić information content (AvgIpc) is 2.66. The quantitative estimate of drug-likeness (QED) is 0.637. The Morgan fingerprint density at radius 2 is 1.69 bits per heavy atom.